The number of methoxy groups -OCH3 is 1. The molecule has 172 valence electrons. The molecule has 7 nitrogen and oxygen atoms in total. The third-order valence-electron chi connectivity index (χ3n) is 6.34. The number of hydrogen-bond acceptors (Lipinski definition) is 5. The highest BCUT2D eigenvalue weighted by Gasteiger charge is 2.30. The first-order valence-electron chi connectivity index (χ1n) is 11.6. The highest BCUT2D eigenvalue weighted by Crippen LogP contribution is 2.29. The van der Waals surface area contributed by atoms with Gasteiger partial charge in [0.2, 0.25) is 10.5 Å². The van der Waals surface area contributed by atoms with Gasteiger partial charge in [-0.05, 0) is 61.3 Å². The minimum absolute atomic E-state index is 0.00372. The van der Waals surface area contributed by atoms with E-state index in [1.54, 1.807) is 11.7 Å². The third kappa shape index (κ3) is 4.20. The molecule has 4 aromatic rings. The summed E-state index contributed by atoms with van der Waals surface area (Å²) in [6.07, 6.45) is 4.28. The molecule has 8 heteroatoms. The standard InChI is InChI=1S/C25H29N5O2S/c1-3-4-15-28-23(31)21-7-5-6-8-22(21)30-24(28)26-29(25(30)33)17-27(19-11-12-19)16-18-9-13-20(32-2)14-10-18/h5-10,13-14,19H,3-4,11-12,15-17H2,1-2H3. The Hall–Kier alpha value is -2.97. The van der Waals surface area contributed by atoms with Crippen molar-refractivity contribution in [3.8, 4) is 5.75 Å². The summed E-state index contributed by atoms with van der Waals surface area (Å²) in [6.45, 7) is 4.16. The van der Waals surface area contributed by atoms with Crippen LogP contribution in [0.2, 0.25) is 0 Å². The molecule has 1 aliphatic carbocycles. The number of hydrogen-bond donors (Lipinski definition) is 0. The van der Waals surface area contributed by atoms with Crippen LogP contribution in [0.3, 0.4) is 0 Å². The van der Waals surface area contributed by atoms with Crippen molar-refractivity contribution in [2.75, 3.05) is 7.11 Å². The number of fused-ring (bicyclic) bond motifs is 3. The maximum absolute atomic E-state index is 13.2. The molecule has 1 saturated carbocycles. The molecule has 1 fully saturated rings. The lowest BCUT2D eigenvalue weighted by Gasteiger charge is -2.21. The second-order valence-corrected chi connectivity index (χ2v) is 9.08. The van der Waals surface area contributed by atoms with E-state index in [0.717, 1.165) is 30.7 Å². The molecule has 0 spiro atoms. The molecular formula is C25H29N5O2S. The van der Waals surface area contributed by atoms with Crippen LogP contribution in [-0.4, -0.2) is 36.8 Å². The highest BCUT2D eigenvalue weighted by atomic mass is 32.1. The molecule has 0 radical (unpaired) electrons. The van der Waals surface area contributed by atoms with E-state index in [1.807, 2.05) is 45.5 Å². The Kier molecular flexibility index (Phi) is 6.03. The summed E-state index contributed by atoms with van der Waals surface area (Å²) < 4.78 is 11.5. The Balaban J connectivity index is 1.56. The smallest absolute Gasteiger partial charge is 0.262 e. The van der Waals surface area contributed by atoms with E-state index in [4.69, 9.17) is 22.1 Å². The van der Waals surface area contributed by atoms with Crippen LogP contribution >= 0.6 is 12.2 Å². The molecule has 5 rings (SSSR count). The molecular weight excluding hydrogens is 434 g/mol. The summed E-state index contributed by atoms with van der Waals surface area (Å²) in [4.78, 5) is 15.7. The second-order valence-electron chi connectivity index (χ2n) is 8.71. The van der Waals surface area contributed by atoms with Gasteiger partial charge >= 0.3 is 0 Å². The van der Waals surface area contributed by atoms with E-state index in [1.165, 1.54) is 18.4 Å². The number of benzene rings is 2. The van der Waals surface area contributed by atoms with Gasteiger partial charge in [-0.1, -0.05) is 37.6 Å². The summed E-state index contributed by atoms with van der Waals surface area (Å²) in [5.74, 6) is 1.48. The molecule has 33 heavy (non-hydrogen) atoms. The van der Waals surface area contributed by atoms with E-state index >= 15 is 0 Å². The number of para-hydroxylation sites is 1. The van der Waals surface area contributed by atoms with Crippen molar-refractivity contribution in [2.45, 2.75) is 58.4 Å². The van der Waals surface area contributed by atoms with Gasteiger partial charge in [0.25, 0.3) is 5.56 Å². The van der Waals surface area contributed by atoms with Gasteiger partial charge in [-0.25, -0.2) is 4.68 Å². The number of aryl methyl sites for hydroxylation is 1. The second kappa shape index (κ2) is 9.11. The average Bonchev–Trinajstić information content (AvgIpc) is 3.64. The van der Waals surface area contributed by atoms with Crippen molar-refractivity contribution in [3.05, 3.63) is 69.2 Å². The van der Waals surface area contributed by atoms with E-state index in [9.17, 15) is 4.79 Å². The van der Waals surface area contributed by atoms with E-state index in [2.05, 4.69) is 24.0 Å². The first kappa shape index (κ1) is 21.9. The molecule has 0 amide bonds. The molecule has 0 N–H and O–H groups in total. The fourth-order valence-electron chi connectivity index (χ4n) is 4.35. The first-order valence-corrected chi connectivity index (χ1v) is 12.0. The molecule has 2 aromatic heterocycles. The Bertz CT molecular complexity index is 1400. The van der Waals surface area contributed by atoms with Crippen molar-refractivity contribution >= 4 is 28.9 Å². The van der Waals surface area contributed by atoms with Gasteiger partial charge in [0.1, 0.15) is 5.75 Å². The van der Waals surface area contributed by atoms with Gasteiger partial charge in [-0.15, -0.1) is 5.10 Å². The fourth-order valence-corrected chi connectivity index (χ4v) is 4.63. The molecule has 1 aliphatic rings. The summed E-state index contributed by atoms with van der Waals surface area (Å²) in [7, 11) is 1.68. The fraction of sp³-hybridized carbons (Fsp3) is 0.400. The predicted molar refractivity (Wildman–Crippen MR) is 132 cm³/mol. The van der Waals surface area contributed by atoms with Crippen LogP contribution in [0.5, 0.6) is 5.75 Å². The van der Waals surface area contributed by atoms with Crippen molar-refractivity contribution in [1.29, 1.82) is 0 Å². The molecule has 0 atom stereocenters. The van der Waals surface area contributed by atoms with Gasteiger partial charge in [-0.3, -0.25) is 18.7 Å². The van der Waals surface area contributed by atoms with Crippen molar-refractivity contribution in [3.63, 3.8) is 0 Å². The van der Waals surface area contributed by atoms with Gasteiger partial charge in [0.15, 0.2) is 0 Å². The van der Waals surface area contributed by atoms with Gasteiger partial charge in [0.05, 0.1) is 24.7 Å². The molecule has 0 saturated heterocycles. The molecule has 0 unspecified atom stereocenters. The normalized spacial score (nSPS) is 13.9. The van der Waals surface area contributed by atoms with Crippen molar-refractivity contribution in [2.24, 2.45) is 0 Å². The number of nitrogens with zero attached hydrogens (tertiary/aromatic N) is 5. The van der Waals surface area contributed by atoms with Crippen LogP contribution in [0.4, 0.5) is 0 Å². The lowest BCUT2D eigenvalue weighted by molar-refractivity contribution is 0.187. The number of unbranched alkanes of at least 4 members (excludes halogenated alkanes) is 1. The lowest BCUT2D eigenvalue weighted by Crippen LogP contribution is -2.29. The van der Waals surface area contributed by atoms with E-state index < -0.39 is 0 Å². The Labute approximate surface area is 197 Å². The van der Waals surface area contributed by atoms with E-state index in [-0.39, 0.29) is 5.56 Å². The minimum atomic E-state index is -0.00372. The summed E-state index contributed by atoms with van der Waals surface area (Å²) in [5.41, 5.74) is 2.04. The lowest BCUT2D eigenvalue weighted by atomic mass is 10.2. The van der Waals surface area contributed by atoms with Crippen molar-refractivity contribution < 1.29 is 4.74 Å². The maximum atomic E-state index is 13.2. The van der Waals surface area contributed by atoms with Crippen LogP contribution in [0.25, 0.3) is 16.7 Å². The zero-order valence-corrected chi connectivity index (χ0v) is 19.9. The molecule has 2 aromatic carbocycles. The zero-order chi connectivity index (χ0) is 22.9. The number of rotatable bonds is 9. The topological polar surface area (TPSA) is 56.7 Å². The number of ether oxygens (including phenoxy) is 1. The van der Waals surface area contributed by atoms with Gasteiger partial charge in [0, 0.05) is 19.1 Å². The van der Waals surface area contributed by atoms with Gasteiger partial charge in [-0.2, -0.15) is 0 Å². The predicted octanol–water partition coefficient (Wildman–Crippen LogP) is 4.61. The SMILES string of the molecule is CCCCn1c(=O)c2ccccc2n2c(=S)n(CN(Cc3ccc(OC)cc3)C3CC3)nc12. The van der Waals surface area contributed by atoms with Crippen molar-refractivity contribution in [1.82, 2.24) is 23.6 Å². The molecule has 0 bridgehead atoms. The summed E-state index contributed by atoms with van der Waals surface area (Å²) in [6, 6.07) is 16.4. The van der Waals surface area contributed by atoms with Crippen LogP contribution in [0.1, 0.15) is 38.2 Å². The Morgan fingerprint density at radius 2 is 1.91 bits per heavy atom. The zero-order valence-electron chi connectivity index (χ0n) is 19.1. The van der Waals surface area contributed by atoms with Crippen LogP contribution in [0, 0.1) is 4.77 Å². The largest absolute Gasteiger partial charge is 0.497 e. The van der Waals surface area contributed by atoms with Crippen LogP contribution in [0.15, 0.2) is 53.3 Å². The first-order chi connectivity index (χ1) is 16.1. The molecule has 0 aliphatic heterocycles. The average molecular weight is 464 g/mol. The quantitative estimate of drug-likeness (QED) is 0.339. The Morgan fingerprint density at radius 3 is 2.61 bits per heavy atom. The number of aromatic nitrogens is 4. The summed E-state index contributed by atoms with van der Waals surface area (Å²) >= 11 is 5.90. The minimum Gasteiger partial charge on any atom is -0.497 e. The highest BCUT2D eigenvalue weighted by molar-refractivity contribution is 7.71. The molecule has 2 heterocycles. The Morgan fingerprint density at radius 1 is 1.15 bits per heavy atom. The van der Waals surface area contributed by atoms with E-state index in [0.29, 0.717) is 35.2 Å². The van der Waals surface area contributed by atoms with Gasteiger partial charge < -0.3 is 4.74 Å². The van der Waals surface area contributed by atoms with Crippen LogP contribution < -0.4 is 10.3 Å². The summed E-state index contributed by atoms with van der Waals surface area (Å²) in [5, 5.41) is 5.55. The third-order valence-corrected chi connectivity index (χ3v) is 6.74. The monoisotopic (exact) mass is 463 g/mol. The van der Waals surface area contributed by atoms with Crippen LogP contribution in [-0.2, 0) is 19.8 Å². The maximum Gasteiger partial charge on any atom is 0.262 e.